The van der Waals surface area contributed by atoms with E-state index in [1.54, 1.807) is 6.20 Å². The van der Waals surface area contributed by atoms with Gasteiger partial charge in [-0.1, -0.05) is 40.9 Å². The third-order valence-corrected chi connectivity index (χ3v) is 5.40. The van der Waals surface area contributed by atoms with Crippen molar-refractivity contribution in [1.82, 2.24) is 19.9 Å². The highest BCUT2D eigenvalue weighted by Crippen LogP contribution is 2.21. The van der Waals surface area contributed by atoms with Crippen LogP contribution in [-0.2, 0) is 19.4 Å². The van der Waals surface area contributed by atoms with E-state index in [0.717, 1.165) is 29.3 Å². The van der Waals surface area contributed by atoms with Crippen LogP contribution in [0.2, 0.25) is 0 Å². The largest absolute Gasteiger partial charge is 0.348 e. The summed E-state index contributed by atoms with van der Waals surface area (Å²) in [5.41, 5.74) is 4.70. The summed E-state index contributed by atoms with van der Waals surface area (Å²) >= 11 is 3.45. The second-order valence-corrected chi connectivity index (χ2v) is 7.67. The molecule has 5 nitrogen and oxygen atoms in total. The Morgan fingerprint density at radius 2 is 2.00 bits per heavy atom. The molecule has 6 heteroatoms. The van der Waals surface area contributed by atoms with E-state index >= 15 is 0 Å². The van der Waals surface area contributed by atoms with Gasteiger partial charge in [0.05, 0.1) is 6.20 Å². The predicted molar refractivity (Wildman–Crippen MR) is 104 cm³/mol. The van der Waals surface area contributed by atoms with Gasteiger partial charge in [0, 0.05) is 22.9 Å². The Morgan fingerprint density at radius 3 is 2.85 bits per heavy atom. The molecule has 2 aromatic heterocycles. The summed E-state index contributed by atoms with van der Waals surface area (Å²) in [6.45, 7) is 0.473. The fourth-order valence-electron chi connectivity index (χ4n) is 3.53. The molecule has 4 rings (SSSR count). The smallest absolute Gasteiger partial charge is 0.257 e. The van der Waals surface area contributed by atoms with E-state index in [9.17, 15) is 4.79 Å². The van der Waals surface area contributed by atoms with Gasteiger partial charge in [0.2, 0.25) is 0 Å². The van der Waals surface area contributed by atoms with Crippen molar-refractivity contribution in [3.8, 4) is 0 Å². The van der Waals surface area contributed by atoms with Crippen LogP contribution in [0.1, 0.15) is 52.9 Å². The first-order valence-corrected chi connectivity index (χ1v) is 9.89. The number of fused-ring (bicyclic) bond motifs is 3. The number of benzene rings is 1. The molecule has 0 fully saturated rings. The van der Waals surface area contributed by atoms with Crippen LogP contribution in [0, 0.1) is 0 Å². The van der Waals surface area contributed by atoms with E-state index in [1.807, 2.05) is 35.0 Å². The maximum atomic E-state index is 12.7. The lowest BCUT2D eigenvalue weighted by Gasteiger charge is -2.14. The lowest BCUT2D eigenvalue weighted by Crippen LogP contribution is -2.23. The zero-order valence-corrected chi connectivity index (χ0v) is 16.1. The van der Waals surface area contributed by atoms with Crippen molar-refractivity contribution < 1.29 is 4.79 Å². The monoisotopic (exact) mass is 412 g/mol. The van der Waals surface area contributed by atoms with Crippen molar-refractivity contribution in [2.45, 2.75) is 45.1 Å². The maximum absolute atomic E-state index is 12.7. The number of hydrogen-bond acceptors (Lipinski definition) is 3. The first kappa shape index (κ1) is 17.2. The quantitative estimate of drug-likeness (QED) is 0.704. The van der Waals surface area contributed by atoms with Crippen LogP contribution < -0.4 is 5.32 Å². The summed E-state index contributed by atoms with van der Waals surface area (Å²) in [6, 6.07) is 7.91. The minimum Gasteiger partial charge on any atom is -0.348 e. The molecule has 0 saturated carbocycles. The van der Waals surface area contributed by atoms with E-state index < -0.39 is 0 Å². The highest BCUT2D eigenvalue weighted by Gasteiger charge is 2.18. The van der Waals surface area contributed by atoms with E-state index in [4.69, 9.17) is 0 Å². The van der Waals surface area contributed by atoms with Gasteiger partial charge in [0.25, 0.3) is 5.91 Å². The van der Waals surface area contributed by atoms with Crippen LogP contribution in [0.3, 0.4) is 0 Å². The molecule has 0 unspecified atom stereocenters. The Kier molecular flexibility index (Phi) is 5.02. The molecule has 1 aliphatic carbocycles. The molecule has 1 N–H and O–H groups in total. The number of rotatable bonds is 3. The number of aromatic nitrogens is 3. The van der Waals surface area contributed by atoms with Gasteiger partial charge in [-0.3, -0.25) is 4.79 Å². The van der Waals surface area contributed by atoms with Gasteiger partial charge in [0.1, 0.15) is 5.56 Å². The molecule has 0 bridgehead atoms. The number of hydrogen-bond donors (Lipinski definition) is 1. The average Bonchev–Trinajstić information content (AvgIpc) is 3.04. The molecule has 0 spiro atoms. The normalized spacial score (nSPS) is 14.5. The number of nitrogens with zero attached hydrogens (tertiary/aromatic N) is 3. The van der Waals surface area contributed by atoms with Crippen LogP contribution in [0.4, 0.5) is 0 Å². The molecule has 0 atom stereocenters. The van der Waals surface area contributed by atoms with Crippen LogP contribution in [0.25, 0.3) is 5.65 Å². The summed E-state index contributed by atoms with van der Waals surface area (Å²) in [5, 5.41) is 7.45. The second-order valence-electron chi connectivity index (χ2n) is 6.75. The number of aryl methyl sites for hydroxylation is 2. The van der Waals surface area contributed by atoms with Crippen molar-refractivity contribution in [1.29, 1.82) is 0 Å². The van der Waals surface area contributed by atoms with Gasteiger partial charge in [-0.25, -0.2) is 9.50 Å². The highest BCUT2D eigenvalue weighted by molar-refractivity contribution is 9.10. The van der Waals surface area contributed by atoms with Gasteiger partial charge in [-0.05, 0) is 48.9 Å². The number of carbonyl (C=O) groups excluding carboxylic acids is 1. The molecule has 134 valence electrons. The molecule has 3 aromatic rings. The summed E-state index contributed by atoms with van der Waals surface area (Å²) in [5.74, 6) is -0.140. The first-order valence-electron chi connectivity index (χ1n) is 9.09. The van der Waals surface area contributed by atoms with Gasteiger partial charge in [-0.15, -0.1) is 0 Å². The Balaban J connectivity index is 1.58. The molecule has 26 heavy (non-hydrogen) atoms. The lowest BCUT2D eigenvalue weighted by molar-refractivity contribution is 0.0952. The number of halogens is 1. The second kappa shape index (κ2) is 7.58. The Morgan fingerprint density at radius 1 is 1.15 bits per heavy atom. The van der Waals surface area contributed by atoms with Crippen molar-refractivity contribution in [3.05, 3.63) is 63.5 Å². The third kappa shape index (κ3) is 3.51. The Hall–Kier alpha value is -2.21. The zero-order chi connectivity index (χ0) is 17.9. The van der Waals surface area contributed by atoms with Gasteiger partial charge < -0.3 is 5.32 Å². The Labute approximate surface area is 161 Å². The maximum Gasteiger partial charge on any atom is 0.257 e. The fraction of sp³-hybridized carbons (Fsp3) is 0.350. The van der Waals surface area contributed by atoms with Crippen molar-refractivity contribution in [3.63, 3.8) is 0 Å². The van der Waals surface area contributed by atoms with Crippen LogP contribution in [0.15, 0.2) is 41.1 Å². The molecule has 0 aliphatic heterocycles. The highest BCUT2D eigenvalue weighted by atomic mass is 79.9. The summed E-state index contributed by atoms with van der Waals surface area (Å²) in [4.78, 5) is 17.2. The van der Waals surface area contributed by atoms with Crippen molar-refractivity contribution >= 4 is 27.5 Å². The van der Waals surface area contributed by atoms with E-state index in [1.165, 1.54) is 30.5 Å². The summed E-state index contributed by atoms with van der Waals surface area (Å²) in [6.07, 6.45) is 10.5. The lowest BCUT2D eigenvalue weighted by atomic mass is 9.98. The fourth-order valence-corrected chi connectivity index (χ4v) is 3.98. The molecule has 2 heterocycles. The summed E-state index contributed by atoms with van der Waals surface area (Å²) in [7, 11) is 0. The first-order chi connectivity index (χ1) is 12.7. The van der Waals surface area contributed by atoms with Crippen LogP contribution in [-0.4, -0.2) is 20.5 Å². The standard InChI is InChI=1S/C20H21BrN4O/c21-16-8-5-6-14(10-16)11-23-20(26)17-13-24-25-18-9-4-2-1-3-7-15(18)12-22-19(17)25/h5-6,8,10,12-13H,1-4,7,9,11H2,(H,23,26). The molecule has 0 saturated heterocycles. The minimum absolute atomic E-state index is 0.140. The topological polar surface area (TPSA) is 59.3 Å². The third-order valence-electron chi connectivity index (χ3n) is 4.91. The van der Waals surface area contributed by atoms with Gasteiger partial charge in [0.15, 0.2) is 5.65 Å². The number of carbonyl (C=O) groups is 1. The van der Waals surface area contributed by atoms with Crippen LogP contribution in [0.5, 0.6) is 0 Å². The molecular formula is C20H21BrN4O. The van der Waals surface area contributed by atoms with E-state index in [-0.39, 0.29) is 5.91 Å². The number of nitrogens with one attached hydrogen (secondary N) is 1. The molecule has 1 aromatic carbocycles. The van der Waals surface area contributed by atoms with Crippen molar-refractivity contribution in [2.24, 2.45) is 0 Å². The molecule has 1 aliphatic rings. The SMILES string of the molecule is O=C(NCc1cccc(Br)c1)c1cnn2c3c(cnc12)CCCCCC3. The predicted octanol–water partition coefficient (Wildman–Crippen LogP) is 4.08. The summed E-state index contributed by atoms with van der Waals surface area (Å²) < 4.78 is 2.87. The molecule has 1 amide bonds. The Bertz CT molecular complexity index is 950. The zero-order valence-electron chi connectivity index (χ0n) is 14.5. The number of amides is 1. The van der Waals surface area contributed by atoms with Gasteiger partial charge >= 0.3 is 0 Å². The van der Waals surface area contributed by atoms with E-state index in [0.29, 0.717) is 17.8 Å². The molecule has 0 radical (unpaired) electrons. The van der Waals surface area contributed by atoms with Gasteiger partial charge in [-0.2, -0.15) is 5.10 Å². The molecular weight excluding hydrogens is 392 g/mol. The van der Waals surface area contributed by atoms with Crippen LogP contribution >= 0.6 is 15.9 Å². The average molecular weight is 413 g/mol. The minimum atomic E-state index is -0.140. The van der Waals surface area contributed by atoms with Crippen molar-refractivity contribution in [2.75, 3.05) is 0 Å². The van der Waals surface area contributed by atoms with E-state index in [2.05, 4.69) is 31.3 Å².